The number of aromatic hydroxyl groups is 1. The SMILES string of the molecule is O=[N+]([O-])Nc1ccc(O)c(Cl)c1. The van der Waals surface area contributed by atoms with Gasteiger partial charge in [-0.05, 0) is 18.2 Å². The topological polar surface area (TPSA) is 75.4 Å². The molecule has 0 spiro atoms. The molecule has 0 aromatic heterocycles. The number of rotatable bonds is 2. The first kappa shape index (κ1) is 8.61. The van der Waals surface area contributed by atoms with Gasteiger partial charge >= 0.3 is 0 Å². The Bertz CT molecular complexity index is 316. The number of hydrazine groups is 1. The van der Waals surface area contributed by atoms with Gasteiger partial charge in [-0.15, -0.1) is 5.43 Å². The van der Waals surface area contributed by atoms with Crippen LogP contribution in [0.15, 0.2) is 18.2 Å². The van der Waals surface area contributed by atoms with Crippen LogP contribution in [-0.2, 0) is 0 Å². The Balaban J connectivity index is 2.89. The number of benzene rings is 1. The maximum atomic E-state index is 9.95. The molecule has 0 bridgehead atoms. The third-order valence-electron chi connectivity index (χ3n) is 1.17. The van der Waals surface area contributed by atoms with Gasteiger partial charge in [0.1, 0.15) is 11.4 Å². The molecule has 0 aliphatic heterocycles. The zero-order valence-corrected chi connectivity index (χ0v) is 6.58. The van der Waals surface area contributed by atoms with Crippen molar-refractivity contribution in [1.29, 1.82) is 0 Å². The van der Waals surface area contributed by atoms with E-state index in [1.54, 1.807) is 0 Å². The second-order valence-corrected chi connectivity index (χ2v) is 2.44. The molecule has 64 valence electrons. The van der Waals surface area contributed by atoms with E-state index in [2.05, 4.69) is 0 Å². The van der Waals surface area contributed by atoms with Crippen LogP contribution in [-0.4, -0.2) is 10.1 Å². The highest BCUT2D eigenvalue weighted by Gasteiger charge is 2.02. The lowest BCUT2D eigenvalue weighted by molar-refractivity contribution is -0.445. The molecule has 0 saturated carbocycles. The number of hydrogen-bond acceptors (Lipinski definition) is 3. The van der Waals surface area contributed by atoms with Gasteiger partial charge in [-0.25, -0.2) is 10.1 Å². The first-order valence-corrected chi connectivity index (χ1v) is 3.37. The molecular weight excluding hydrogens is 184 g/mol. The number of nitrogens with zero attached hydrogens (tertiary/aromatic N) is 1. The lowest BCUT2D eigenvalue weighted by atomic mass is 10.3. The highest BCUT2D eigenvalue weighted by atomic mass is 35.5. The molecule has 0 amide bonds. The molecule has 2 N–H and O–H groups in total. The quantitative estimate of drug-likeness (QED) is 0.420. The number of nitro groups is 1. The van der Waals surface area contributed by atoms with Crippen molar-refractivity contribution in [2.75, 3.05) is 5.43 Å². The van der Waals surface area contributed by atoms with Gasteiger partial charge in [0.05, 0.1) is 5.02 Å². The highest BCUT2D eigenvalue weighted by molar-refractivity contribution is 6.32. The van der Waals surface area contributed by atoms with Crippen molar-refractivity contribution in [2.45, 2.75) is 0 Å². The lowest BCUT2D eigenvalue weighted by Gasteiger charge is -1.98. The van der Waals surface area contributed by atoms with Crippen LogP contribution in [0.25, 0.3) is 0 Å². The molecule has 0 aliphatic carbocycles. The Hall–Kier alpha value is -1.49. The molecular formula is C6H5ClN2O3. The van der Waals surface area contributed by atoms with Crippen molar-refractivity contribution in [3.63, 3.8) is 0 Å². The molecule has 0 atom stereocenters. The Labute approximate surface area is 72.7 Å². The number of halogens is 1. The summed E-state index contributed by atoms with van der Waals surface area (Å²) >= 11 is 5.48. The van der Waals surface area contributed by atoms with Crippen molar-refractivity contribution in [3.05, 3.63) is 33.3 Å². The fraction of sp³-hybridized carbons (Fsp3) is 0. The van der Waals surface area contributed by atoms with Crippen molar-refractivity contribution in [1.82, 2.24) is 0 Å². The number of anilines is 1. The van der Waals surface area contributed by atoms with Crippen LogP contribution in [0, 0.1) is 10.1 Å². The summed E-state index contributed by atoms with van der Waals surface area (Å²) in [6, 6.07) is 3.89. The molecule has 0 unspecified atom stereocenters. The maximum absolute atomic E-state index is 9.95. The average Bonchev–Trinajstić information content (AvgIpc) is 1.96. The molecule has 0 heterocycles. The zero-order chi connectivity index (χ0) is 9.14. The van der Waals surface area contributed by atoms with E-state index in [1.807, 2.05) is 5.43 Å². The van der Waals surface area contributed by atoms with E-state index in [9.17, 15) is 10.1 Å². The molecule has 0 radical (unpaired) electrons. The molecule has 1 rings (SSSR count). The first-order chi connectivity index (χ1) is 5.59. The van der Waals surface area contributed by atoms with Crippen molar-refractivity contribution >= 4 is 17.3 Å². The fourth-order valence-corrected chi connectivity index (χ4v) is 0.862. The molecule has 12 heavy (non-hydrogen) atoms. The molecule has 0 fully saturated rings. The van der Waals surface area contributed by atoms with Gasteiger partial charge in [0, 0.05) is 0 Å². The van der Waals surface area contributed by atoms with E-state index in [0.29, 0.717) is 0 Å². The second-order valence-electron chi connectivity index (χ2n) is 2.04. The van der Waals surface area contributed by atoms with Gasteiger partial charge < -0.3 is 5.11 Å². The van der Waals surface area contributed by atoms with Crippen LogP contribution in [0.1, 0.15) is 0 Å². The highest BCUT2D eigenvalue weighted by Crippen LogP contribution is 2.25. The largest absolute Gasteiger partial charge is 0.506 e. The summed E-state index contributed by atoms with van der Waals surface area (Å²) in [5.74, 6) is -0.106. The summed E-state index contributed by atoms with van der Waals surface area (Å²) in [4.78, 5) is 9.95. The predicted molar refractivity (Wildman–Crippen MR) is 43.7 cm³/mol. The van der Waals surface area contributed by atoms with Gasteiger partial charge in [0.2, 0.25) is 0 Å². The summed E-state index contributed by atoms with van der Waals surface area (Å²) in [5, 5.41) is 18.3. The van der Waals surface area contributed by atoms with Crippen LogP contribution in [0.5, 0.6) is 5.75 Å². The normalized spacial score (nSPS) is 9.42. The minimum absolute atomic E-state index is 0.0712. The number of nitrogens with one attached hydrogen (secondary N) is 1. The maximum Gasteiger partial charge on any atom is 0.162 e. The van der Waals surface area contributed by atoms with Gasteiger partial charge in [0.25, 0.3) is 0 Å². The van der Waals surface area contributed by atoms with E-state index in [-0.39, 0.29) is 16.5 Å². The van der Waals surface area contributed by atoms with E-state index < -0.39 is 5.03 Å². The van der Waals surface area contributed by atoms with Crippen LogP contribution >= 0.6 is 11.6 Å². The number of phenolic OH excluding ortho intramolecular Hbond substituents is 1. The summed E-state index contributed by atoms with van der Waals surface area (Å²) in [6.07, 6.45) is 0. The summed E-state index contributed by atoms with van der Waals surface area (Å²) in [7, 11) is 0. The van der Waals surface area contributed by atoms with Crippen LogP contribution in [0.2, 0.25) is 5.02 Å². The Morgan fingerprint density at radius 1 is 1.58 bits per heavy atom. The molecule has 6 heteroatoms. The zero-order valence-electron chi connectivity index (χ0n) is 5.82. The van der Waals surface area contributed by atoms with Crippen molar-refractivity contribution < 1.29 is 10.1 Å². The number of hydrogen-bond donors (Lipinski definition) is 2. The average molecular weight is 189 g/mol. The Morgan fingerprint density at radius 3 is 2.75 bits per heavy atom. The number of phenols is 1. The molecule has 1 aromatic rings. The summed E-state index contributed by atoms with van der Waals surface area (Å²) in [5.41, 5.74) is 2.12. The lowest BCUT2D eigenvalue weighted by Crippen LogP contribution is -2.07. The van der Waals surface area contributed by atoms with Crippen molar-refractivity contribution in [2.24, 2.45) is 0 Å². The second kappa shape index (κ2) is 3.27. The monoisotopic (exact) mass is 188 g/mol. The minimum atomic E-state index is -0.706. The standard InChI is InChI=1S/C6H5ClN2O3/c7-5-3-4(8-9(11)12)1-2-6(5)10/h1-3,8,10H. The Kier molecular flexibility index (Phi) is 2.35. The predicted octanol–water partition coefficient (Wildman–Crippen LogP) is 1.65. The van der Waals surface area contributed by atoms with Crippen LogP contribution in [0.4, 0.5) is 5.69 Å². The third-order valence-corrected chi connectivity index (χ3v) is 1.47. The van der Waals surface area contributed by atoms with E-state index in [0.717, 1.165) is 0 Å². The smallest absolute Gasteiger partial charge is 0.162 e. The molecule has 0 saturated heterocycles. The Morgan fingerprint density at radius 2 is 2.25 bits per heavy atom. The van der Waals surface area contributed by atoms with Crippen LogP contribution in [0.3, 0.4) is 0 Å². The molecule has 1 aromatic carbocycles. The first-order valence-electron chi connectivity index (χ1n) is 2.99. The van der Waals surface area contributed by atoms with E-state index in [4.69, 9.17) is 16.7 Å². The van der Waals surface area contributed by atoms with Gasteiger partial charge in [-0.1, -0.05) is 11.6 Å². The minimum Gasteiger partial charge on any atom is -0.506 e. The van der Waals surface area contributed by atoms with Gasteiger partial charge in [0.15, 0.2) is 5.03 Å². The summed E-state index contributed by atoms with van der Waals surface area (Å²) in [6.45, 7) is 0. The van der Waals surface area contributed by atoms with E-state index >= 15 is 0 Å². The molecule has 5 nitrogen and oxygen atoms in total. The van der Waals surface area contributed by atoms with Gasteiger partial charge in [-0.2, -0.15) is 0 Å². The van der Waals surface area contributed by atoms with Gasteiger partial charge in [-0.3, -0.25) is 0 Å². The van der Waals surface area contributed by atoms with E-state index in [1.165, 1.54) is 18.2 Å². The molecule has 0 aliphatic rings. The van der Waals surface area contributed by atoms with Crippen molar-refractivity contribution in [3.8, 4) is 5.75 Å². The summed E-state index contributed by atoms with van der Waals surface area (Å²) < 4.78 is 0. The fourth-order valence-electron chi connectivity index (χ4n) is 0.682. The third kappa shape index (κ3) is 2.00. The van der Waals surface area contributed by atoms with Crippen LogP contribution < -0.4 is 5.43 Å².